The summed E-state index contributed by atoms with van der Waals surface area (Å²) in [6.45, 7) is 8.47. The Balaban J connectivity index is 2.49. The van der Waals surface area contributed by atoms with Crippen molar-refractivity contribution in [2.45, 2.75) is 39.8 Å². The van der Waals surface area contributed by atoms with E-state index in [1.165, 1.54) is 22.5 Å². The van der Waals surface area contributed by atoms with E-state index in [2.05, 4.69) is 37.1 Å². The lowest BCUT2D eigenvalue weighted by Gasteiger charge is -2.10. The van der Waals surface area contributed by atoms with Gasteiger partial charge >= 0.3 is 0 Å². The Labute approximate surface area is 79.4 Å². The number of hydrogen-bond acceptors (Lipinski definition) is 2. The molecule has 2 heteroatoms. The summed E-state index contributed by atoms with van der Waals surface area (Å²) in [6.07, 6.45) is 0. The number of aromatic nitrogens is 1. The fourth-order valence-corrected chi connectivity index (χ4v) is 1.92. The zero-order valence-electron chi connectivity index (χ0n) is 8.52. The van der Waals surface area contributed by atoms with E-state index in [-0.39, 0.29) is 0 Å². The van der Waals surface area contributed by atoms with Gasteiger partial charge in [-0.1, -0.05) is 19.9 Å². The number of aryl methyl sites for hydroxylation is 1. The molecule has 1 aliphatic heterocycles. The van der Waals surface area contributed by atoms with Crippen LogP contribution in [0.1, 0.15) is 42.3 Å². The van der Waals surface area contributed by atoms with Crippen LogP contribution in [0.25, 0.3) is 0 Å². The second-order valence-corrected chi connectivity index (χ2v) is 4.03. The number of nitrogens with one attached hydrogen (secondary N) is 1. The van der Waals surface area contributed by atoms with Crippen molar-refractivity contribution in [1.29, 1.82) is 0 Å². The van der Waals surface area contributed by atoms with Crippen molar-refractivity contribution in [1.82, 2.24) is 10.3 Å². The first-order chi connectivity index (χ1) is 6.18. The van der Waals surface area contributed by atoms with Gasteiger partial charge in [-0.15, -0.1) is 0 Å². The topological polar surface area (TPSA) is 24.9 Å². The highest BCUT2D eigenvalue weighted by Crippen LogP contribution is 2.22. The van der Waals surface area contributed by atoms with E-state index in [9.17, 15) is 0 Å². The number of rotatable bonds is 1. The highest BCUT2D eigenvalue weighted by atomic mass is 14.9. The molecule has 1 aromatic heterocycles. The Hall–Kier alpha value is -0.890. The predicted octanol–water partition coefficient (Wildman–Crippen LogP) is 2.12. The maximum absolute atomic E-state index is 4.61. The Morgan fingerprint density at radius 3 is 2.85 bits per heavy atom. The molecule has 13 heavy (non-hydrogen) atoms. The predicted molar refractivity (Wildman–Crippen MR) is 53.6 cm³/mol. The summed E-state index contributed by atoms with van der Waals surface area (Å²) in [6, 6.07) is 2.31. The Morgan fingerprint density at radius 2 is 2.15 bits per heavy atom. The lowest BCUT2D eigenvalue weighted by atomic mass is 9.99. The molecule has 0 saturated carbocycles. The third-order valence-electron chi connectivity index (χ3n) is 2.65. The normalized spacial score (nSPS) is 15.1. The van der Waals surface area contributed by atoms with Crippen molar-refractivity contribution in [2.24, 2.45) is 0 Å². The molecular formula is C11H16N2. The number of fused-ring (bicyclic) bond motifs is 1. The van der Waals surface area contributed by atoms with Gasteiger partial charge in [-0.25, -0.2) is 0 Å². The summed E-state index contributed by atoms with van der Waals surface area (Å²) in [4.78, 5) is 4.61. The second kappa shape index (κ2) is 3.11. The van der Waals surface area contributed by atoms with Gasteiger partial charge in [0.15, 0.2) is 0 Å². The zero-order chi connectivity index (χ0) is 9.42. The van der Waals surface area contributed by atoms with Crippen molar-refractivity contribution in [3.05, 3.63) is 28.6 Å². The lowest BCUT2D eigenvalue weighted by Crippen LogP contribution is -2.00. The van der Waals surface area contributed by atoms with E-state index in [4.69, 9.17) is 0 Å². The van der Waals surface area contributed by atoms with Gasteiger partial charge in [0.05, 0.1) is 5.69 Å². The van der Waals surface area contributed by atoms with Crippen LogP contribution in [0, 0.1) is 6.92 Å². The van der Waals surface area contributed by atoms with Crippen LogP contribution < -0.4 is 5.32 Å². The van der Waals surface area contributed by atoms with Crippen molar-refractivity contribution < 1.29 is 0 Å². The summed E-state index contributed by atoms with van der Waals surface area (Å²) in [5, 5.41) is 3.32. The standard InChI is InChI=1S/C11H16N2/c1-7(2)10-4-9-5-12-6-11(9)13-8(10)3/h4,7,12H,5-6H2,1-3H3. The van der Waals surface area contributed by atoms with Gasteiger partial charge in [0, 0.05) is 18.8 Å². The lowest BCUT2D eigenvalue weighted by molar-refractivity contribution is 0.757. The molecule has 0 fully saturated rings. The van der Waals surface area contributed by atoms with E-state index < -0.39 is 0 Å². The minimum absolute atomic E-state index is 0.582. The number of hydrogen-bond donors (Lipinski definition) is 1. The van der Waals surface area contributed by atoms with E-state index in [0.717, 1.165) is 13.1 Å². The molecule has 70 valence electrons. The van der Waals surface area contributed by atoms with E-state index >= 15 is 0 Å². The molecule has 0 amide bonds. The third-order valence-corrected chi connectivity index (χ3v) is 2.65. The SMILES string of the molecule is Cc1nc2c(cc1C(C)C)CNC2. The van der Waals surface area contributed by atoms with Crippen LogP contribution in [0.3, 0.4) is 0 Å². The summed E-state index contributed by atoms with van der Waals surface area (Å²) < 4.78 is 0. The molecule has 0 saturated heterocycles. The molecule has 1 aliphatic rings. The fourth-order valence-electron chi connectivity index (χ4n) is 1.92. The molecule has 0 atom stereocenters. The average Bonchev–Trinajstić information content (AvgIpc) is 2.48. The van der Waals surface area contributed by atoms with Crippen LogP contribution in [0.4, 0.5) is 0 Å². The first kappa shape index (κ1) is 8.70. The molecular weight excluding hydrogens is 160 g/mol. The van der Waals surface area contributed by atoms with Gasteiger partial charge < -0.3 is 5.32 Å². The minimum Gasteiger partial charge on any atom is -0.307 e. The van der Waals surface area contributed by atoms with Gasteiger partial charge in [-0.2, -0.15) is 0 Å². The van der Waals surface area contributed by atoms with Crippen LogP contribution >= 0.6 is 0 Å². The summed E-state index contributed by atoms with van der Waals surface area (Å²) in [5.41, 5.74) is 5.20. The highest BCUT2D eigenvalue weighted by molar-refractivity contribution is 5.33. The van der Waals surface area contributed by atoms with Gasteiger partial charge in [0.2, 0.25) is 0 Å². The molecule has 0 unspecified atom stereocenters. The summed E-state index contributed by atoms with van der Waals surface area (Å²) in [7, 11) is 0. The molecule has 0 aliphatic carbocycles. The molecule has 1 N–H and O–H groups in total. The third kappa shape index (κ3) is 1.46. The molecule has 2 rings (SSSR count). The van der Waals surface area contributed by atoms with Crippen molar-refractivity contribution in [3.8, 4) is 0 Å². The van der Waals surface area contributed by atoms with Crippen molar-refractivity contribution in [3.63, 3.8) is 0 Å². The first-order valence-corrected chi connectivity index (χ1v) is 4.88. The van der Waals surface area contributed by atoms with Gasteiger partial charge in [-0.05, 0) is 24.0 Å². The second-order valence-electron chi connectivity index (χ2n) is 4.03. The average molecular weight is 176 g/mol. The van der Waals surface area contributed by atoms with Crippen LogP contribution in [0.15, 0.2) is 6.07 Å². The highest BCUT2D eigenvalue weighted by Gasteiger charge is 2.15. The van der Waals surface area contributed by atoms with Crippen LogP contribution in [0.5, 0.6) is 0 Å². The number of pyridine rings is 1. The van der Waals surface area contributed by atoms with Crippen LogP contribution in [-0.4, -0.2) is 4.98 Å². The summed E-state index contributed by atoms with van der Waals surface area (Å²) >= 11 is 0. The fraction of sp³-hybridized carbons (Fsp3) is 0.545. The van der Waals surface area contributed by atoms with Crippen LogP contribution in [-0.2, 0) is 13.1 Å². The van der Waals surface area contributed by atoms with Crippen molar-refractivity contribution >= 4 is 0 Å². The molecule has 2 nitrogen and oxygen atoms in total. The van der Waals surface area contributed by atoms with Gasteiger partial charge in [0.1, 0.15) is 0 Å². The van der Waals surface area contributed by atoms with Crippen LogP contribution in [0.2, 0.25) is 0 Å². The molecule has 0 aromatic carbocycles. The largest absolute Gasteiger partial charge is 0.307 e. The maximum Gasteiger partial charge on any atom is 0.0590 e. The van der Waals surface area contributed by atoms with E-state index in [1.54, 1.807) is 0 Å². The molecule has 0 spiro atoms. The zero-order valence-corrected chi connectivity index (χ0v) is 8.52. The first-order valence-electron chi connectivity index (χ1n) is 4.88. The maximum atomic E-state index is 4.61. The smallest absolute Gasteiger partial charge is 0.0590 e. The van der Waals surface area contributed by atoms with Crippen molar-refractivity contribution in [2.75, 3.05) is 0 Å². The van der Waals surface area contributed by atoms with E-state index in [1.807, 2.05) is 0 Å². The summed E-state index contributed by atoms with van der Waals surface area (Å²) in [5.74, 6) is 0.582. The van der Waals surface area contributed by atoms with Gasteiger partial charge in [-0.3, -0.25) is 4.98 Å². The quantitative estimate of drug-likeness (QED) is 0.709. The number of nitrogens with zero attached hydrogens (tertiary/aromatic N) is 1. The molecule has 0 bridgehead atoms. The Morgan fingerprint density at radius 1 is 1.38 bits per heavy atom. The molecule has 0 radical (unpaired) electrons. The molecule has 2 heterocycles. The minimum atomic E-state index is 0.582. The Bertz CT molecular complexity index is 329. The van der Waals surface area contributed by atoms with Gasteiger partial charge in [0.25, 0.3) is 0 Å². The Kier molecular flexibility index (Phi) is 2.08. The van der Waals surface area contributed by atoms with E-state index in [0.29, 0.717) is 5.92 Å². The monoisotopic (exact) mass is 176 g/mol. The molecule has 1 aromatic rings.